The fraction of sp³-hybridized carbons (Fsp3) is 0.576. The third kappa shape index (κ3) is 14.7. The average Bonchev–Trinajstić information content (AvgIpc) is 3.13. The van der Waals surface area contributed by atoms with Crippen molar-refractivity contribution in [2.24, 2.45) is 11.5 Å². The summed E-state index contributed by atoms with van der Waals surface area (Å²) in [5.74, 6) is -7.59. The van der Waals surface area contributed by atoms with Gasteiger partial charge < -0.3 is 63.8 Å². The second-order valence-electron chi connectivity index (χ2n) is 12.7. The number of nitrogens with two attached hydrogens (primary N) is 2. The van der Waals surface area contributed by atoms with Crippen LogP contribution in [-0.2, 0) is 44.8 Å². The standard InChI is InChI=1S/C33H51N9O12.2H2/c1-17(46)26-33(54)41-24(16-45)31(52)38-20(10-11-25(47)36-12-6-5-9-19(30(51)42-26)37-22(14-43)28(35)49)29(50)40-23(15-44)32(53)39-21(27(34)48)13-18-7-3-2-4-8-18;;/h2-4,7-8,17,19-24,26,37,43-46H,5-6,9-16H2,1H3,(H2,34,48)(H2,35,49)(H,36,47)(H,38,52)(H,39,53)(H,40,50)(H,41,54)(H,42,51);2*1H/t17-,19?,20?,21+,22+,23+,24+,26+;;/m1../s1. The lowest BCUT2D eigenvalue weighted by Gasteiger charge is -2.28. The van der Waals surface area contributed by atoms with Gasteiger partial charge in [0, 0.05) is 22.2 Å². The second kappa shape index (κ2) is 22.8. The Labute approximate surface area is 313 Å². The van der Waals surface area contributed by atoms with Crippen molar-refractivity contribution in [1.29, 1.82) is 0 Å². The average molecular weight is 770 g/mol. The summed E-state index contributed by atoms with van der Waals surface area (Å²) >= 11 is 0. The predicted molar refractivity (Wildman–Crippen MR) is 192 cm³/mol. The van der Waals surface area contributed by atoms with Gasteiger partial charge in [0.05, 0.1) is 32.0 Å². The van der Waals surface area contributed by atoms with Gasteiger partial charge in [-0.3, -0.25) is 43.7 Å². The number of carbonyl (C=O) groups is 8. The van der Waals surface area contributed by atoms with E-state index in [0.717, 1.165) is 6.92 Å². The van der Waals surface area contributed by atoms with E-state index in [4.69, 9.17) is 11.5 Å². The molecule has 1 heterocycles. The Balaban J connectivity index is 0.0000151. The SMILES string of the molecule is C[C@@H](O)[C@@H]1NC(=O)C(N[C@@H](CO)C(N)=O)CCCCNC(=O)CCC(C(=O)N[C@@H](CO)C(=O)N[C@@H](Cc2ccccc2)C(N)=O)NC(=O)[C@H](CO)NC1=O.[HH].[HH]. The lowest BCUT2D eigenvalue weighted by Crippen LogP contribution is -2.62. The lowest BCUT2D eigenvalue weighted by molar-refractivity contribution is -0.137. The van der Waals surface area contributed by atoms with Crippen LogP contribution in [0.4, 0.5) is 0 Å². The molecule has 8 amide bonds. The number of aliphatic hydroxyl groups is 4. The van der Waals surface area contributed by atoms with Gasteiger partial charge in [-0.2, -0.15) is 0 Å². The van der Waals surface area contributed by atoms with Crippen LogP contribution in [0.1, 0.15) is 47.4 Å². The molecule has 1 fully saturated rings. The zero-order chi connectivity index (χ0) is 40.4. The van der Waals surface area contributed by atoms with Crippen molar-refractivity contribution in [3.63, 3.8) is 0 Å². The third-order valence-corrected chi connectivity index (χ3v) is 8.42. The van der Waals surface area contributed by atoms with Crippen LogP contribution in [-0.4, -0.2) is 142 Å². The van der Waals surface area contributed by atoms with Crippen LogP contribution >= 0.6 is 0 Å². The molecule has 0 bridgehead atoms. The summed E-state index contributed by atoms with van der Waals surface area (Å²) in [5.41, 5.74) is 11.4. The minimum Gasteiger partial charge on any atom is -0.394 e. The van der Waals surface area contributed by atoms with Crippen LogP contribution < -0.4 is 48.7 Å². The molecule has 15 N–H and O–H groups in total. The van der Waals surface area contributed by atoms with E-state index in [0.29, 0.717) is 12.0 Å². The summed E-state index contributed by atoms with van der Waals surface area (Å²) < 4.78 is 0. The van der Waals surface area contributed by atoms with Gasteiger partial charge in [-0.25, -0.2) is 0 Å². The van der Waals surface area contributed by atoms with E-state index in [-0.39, 0.29) is 41.5 Å². The summed E-state index contributed by atoms with van der Waals surface area (Å²) in [5, 5.41) is 56.5. The molecule has 0 saturated carbocycles. The summed E-state index contributed by atoms with van der Waals surface area (Å²) in [6, 6.07) is -1.87. The highest BCUT2D eigenvalue weighted by atomic mass is 16.3. The number of carbonyl (C=O) groups excluding carboxylic acids is 8. The Bertz CT molecular complexity index is 1480. The molecule has 1 aliphatic heterocycles. The van der Waals surface area contributed by atoms with Crippen LogP contribution in [0.25, 0.3) is 0 Å². The molecule has 1 aromatic carbocycles. The summed E-state index contributed by atoms with van der Waals surface area (Å²) in [7, 11) is 0. The molecule has 21 nitrogen and oxygen atoms in total. The molecular weight excluding hydrogens is 714 g/mol. The molecule has 8 atom stereocenters. The van der Waals surface area contributed by atoms with E-state index in [1.165, 1.54) is 0 Å². The van der Waals surface area contributed by atoms with Crippen LogP contribution in [0, 0.1) is 0 Å². The van der Waals surface area contributed by atoms with Gasteiger partial charge in [-0.1, -0.05) is 30.3 Å². The predicted octanol–water partition coefficient (Wildman–Crippen LogP) is -6.12. The molecule has 21 heteroatoms. The fourth-order valence-electron chi connectivity index (χ4n) is 5.29. The van der Waals surface area contributed by atoms with E-state index >= 15 is 0 Å². The molecule has 2 unspecified atom stereocenters. The molecule has 304 valence electrons. The summed E-state index contributed by atoms with van der Waals surface area (Å²) in [6.07, 6.45) is -1.65. The van der Waals surface area contributed by atoms with E-state index in [9.17, 15) is 58.8 Å². The number of benzene rings is 1. The van der Waals surface area contributed by atoms with Crippen LogP contribution in [0.2, 0.25) is 0 Å². The van der Waals surface area contributed by atoms with Gasteiger partial charge in [-0.15, -0.1) is 0 Å². The van der Waals surface area contributed by atoms with Crippen molar-refractivity contribution in [2.75, 3.05) is 26.4 Å². The van der Waals surface area contributed by atoms with Gasteiger partial charge in [0.25, 0.3) is 0 Å². The zero-order valence-corrected chi connectivity index (χ0v) is 29.8. The largest absolute Gasteiger partial charge is 0.394 e. The van der Waals surface area contributed by atoms with Crippen LogP contribution in [0.3, 0.4) is 0 Å². The molecule has 1 aromatic rings. The Morgan fingerprint density at radius 2 is 1.48 bits per heavy atom. The first-order chi connectivity index (χ1) is 25.6. The highest BCUT2D eigenvalue weighted by Crippen LogP contribution is 2.08. The highest BCUT2D eigenvalue weighted by molar-refractivity contribution is 5.97. The van der Waals surface area contributed by atoms with E-state index in [1.54, 1.807) is 30.3 Å². The maximum atomic E-state index is 13.4. The number of rotatable bonds is 14. The van der Waals surface area contributed by atoms with Gasteiger partial charge in [0.1, 0.15) is 36.3 Å². The second-order valence-corrected chi connectivity index (χ2v) is 12.7. The molecule has 0 radical (unpaired) electrons. The van der Waals surface area contributed by atoms with Crippen molar-refractivity contribution in [3.8, 4) is 0 Å². The van der Waals surface area contributed by atoms with Crippen molar-refractivity contribution < 1.29 is 61.6 Å². The Hall–Kier alpha value is -5.22. The maximum Gasteiger partial charge on any atom is 0.245 e. The third-order valence-electron chi connectivity index (χ3n) is 8.42. The zero-order valence-electron chi connectivity index (χ0n) is 29.8. The molecule has 2 rings (SSSR count). The normalized spacial score (nSPS) is 23.0. The highest BCUT2D eigenvalue weighted by Gasteiger charge is 2.35. The van der Waals surface area contributed by atoms with Crippen molar-refractivity contribution in [1.82, 2.24) is 37.2 Å². The van der Waals surface area contributed by atoms with E-state index in [1.807, 2.05) is 0 Å². The number of amides is 8. The maximum absolute atomic E-state index is 13.4. The Kier molecular flexibility index (Phi) is 18.9. The molecule has 0 aliphatic carbocycles. The monoisotopic (exact) mass is 769 g/mol. The quantitative estimate of drug-likeness (QED) is 0.0839. The first-order valence-corrected chi connectivity index (χ1v) is 17.3. The van der Waals surface area contributed by atoms with Gasteiger partial charge in [-0.05, 0) is 38.2 Å². The smallest absolute Gasteiger partial charge is 0.245 e. The Morgan fingerprint density at radius 1 is 0.833 bits per heavy atom. The minimum absolute atomic E-state index is 0. The molecule has 54 heavy (non-hydrogen) atoms. The van der Waals surface area contributed by atoms with Crippen molar-refractivity contribution >= 4 is 47.3 Å². The Morgan fingerprint density at radius 3 is 2.06 bits per heavy atom. The fourth-order valence-corrected chi connectivity index (χ4v) is 5.29. The van der Waals surface area contributed by atoms with E-state index < -0.39 is 115 Å². The molecule has 0 spiro atoms. The topological polar surface area (TPSA) is 354 Å². The van der Waals surface area contributed by atoms with Crippen molar-refractivity contribution in [2.45, 2.75) is 93.8 Å². The van der Waals surface area contributed by atoms with E-state index in [2.05, 4.69) is 37.2 Å². The number of hydrogen-bond donors (Lipinski definition) is 13. The van der Waals surface area contributed by atoms with Gasteiger partial charge >= 0.3 is 0 Å². The molecule has 1 saturated heterocycles. The van der Waals surface area contributed by atoms with Gasteiger partial charge in [0.15, 0.2) is 0 Å². The minimum atomic E-state index is -1.77. The first kappa shape index (κ1) is 44.9. The summed E-state index contributed by atoms with van der Waals surface area (Å²) in [6.45, 7) is -1.48. The van der Waals surface area contributed by atoms with Crippen LogP contribution in [0.15, 0.2) is 30.3 Å². The van der Waals surface area contributed by atoms with Crippen molar-refractivity contribution in [3.05, 3.63) is 35.9 Å². The van der Waals surface area contributed by atoms with Gasteiger partial charge in [0.2, 0.25) is 47.3 Å². The number of nitrogens with one attached hydrogen (secondary N) is 7. The first-order valence-electron chi connectivity index (χ1n) is 17.3. The molecule has 0 aromatic heterocycles. The number of primary amides is 2. The lowest BCUT2D eigenvalue weighted by atomic mass is 10.0. The van der Waals surface area contributed by atoms with Crippen LogP contribution in [0.5, 0.6) is 0 Å². The number of hydrogen-bond acceptors (Lipinski definition) is 13. The molecule has 1 aliphatic rings. The summed E-state index contributed by atoms with van der Waals surface area (Å²) in [4.78, 5) is 103. The molecular formula is C33H55N9O12. The number of aliphatic hydroxyl groups excluding tert-OH is 4.